The summed E-state index contributed by atoms with van der Waals surface area (Å²) in [5.74, 6) is -1.53. The van der Waals surface area contributed by atoms with E-state index in [0.29, 0.717) is 51.0 Å². The maximum absolute atomic E-state index is 13.7. The van der Waals surface area contributed by atoms with Crippen molar-refractivity contribution in [1.82, 2.24) is 5.32 Å². The van der Waals surface area contributed by atoms with E-state index in [1.807, 2.05) is 17.5 Å². The topological polar surface area (TPSA) is 58.2 Å². The smallest absolute Gasteiger partial charge is 0.254 e. The molecule has 4 nitrogen and oxygen atoms in total. The molecule has 0 unspecified atom stereocenters. The van der Waals surface area contributed by atoms with Crippen LogP contribution in [0.15, 0.2) is 82.5 Å². The lowest BCUT2D eigenvalue weighted by atomic mass is 9.72. The highest BCUT2D eigenvalue weighted by Crippen LogP contribution is 2.47. The second-order valence-electron chi connectivity index (χ2n) is 8.66. The van der Waals surface area contributed by atoms with Crippen LogP contribution in [0.1, 0.15) is 42.0 Å². The molecule has 1 aromatic heterocycles. The molecule has 0 spiro atoms. The molecule has 2 aliphatic rings. The van der Waals surface area contributed by atoms with Crippen LogP contribution < -0.4 is 10.6 Å². The zero-order valence-corrected chi connectivity index (χ0v) is 21.0. The summed E-state index contributed by atoms with van der Waals surface area (Å²) in [5, 5.41) is 8.95. The predicted octanol–water partition coefficient (Wildman–Crippen LogP) is 7.19. The maximum atomic E-state index is 13.7. The van der Waals surface area contributed by atoms with Crippen LogP contribution in [-0.2, 0) is 9.59 Å². The number of carbonyl (C=O) groups is 2. The lowest BCUT2D eigenvalue weighted by Gasteiger charge is -2.37. The van der Waals surface area contributed by atoms with Gasteiger partial charge in [-0.3, -0.25) is 9.59 Å². The average molecular weight is 527 g/mol. The number of anilines is 1. The van der Waals surface area contributed by atoms with Crippen LogP contribution in [0.2, 0.25) is 10.0 Å². The average Bonchev–Trinajstić information content (AvgIpc) is 3.33. The summed E-state index contributed by atoms with van der Waals surface area (Å²) in [6.07, 6.45) is 1.00. The molecule has 8 heteroatoms. The molecule has 1 aliphatic carbocycles. The van der Waals surface area contributed by atoms with Gasteiger partial charge in [-0.25, -0.2) is 4.39 Å². The van der Waals surface area contributed by atoms with Gasteiger partial charge in [-0.1, -0.05) is 41.4 Å². The van der Waals surface area contributed by atoms with Crippen LogP contribution in [-0.4, -0.2) is 11.7 Å². The van der Waals surface area contributed by atoms with E-state index in [2.05, 4.69) is 10.6 Å². The Balaban J connectivity index is 1.60. The first-order chi connectivity index (χ1) is 16.8. The number of dihydropyridines is 1. The first-order valence-electron chi connectivity index (χ1n) is 11.1. The summed E-state index contributed by atoms with van der Waals surface area (Å²) >= 11 is 14.4. The molecule has 0 saturated heterocycles. The molecule has 178 valence electrons. The highest BCUT2D eigenvalue weighted by molar-refractivity contribution is 7.10. The SMILES string of the molecule is CC1=C(C(=O)Nc2cccc(F)c2)[C@H](c2ccc(Cl)cc2Cl)C2=C(C[C@H](c3cccs3)CC2=O)N1. The van der Waals surface area contributed by atoms with Crippen molar-refractivity contribution in [1.29, 1.82) is 0 Å². The first kappa shape index (κ1) is 23.8. The molecule has 1 aliphatic heterocycles. The number of nitrogens with one attached hydrogen (secondary N) is 2. The van der Waals surface area contributed by atoms with Gasteiger partial charge in [0.2, 0.25) is 0 Å². The minimum atomic E-state index is -0.679. The number of halogens is 3. The Morgan fingerprint density at radius 2 is 1.94 bits per heavy atom. The summed E-state index contributed by atoms with van der Waals surface area (Å²) in [4.78, 5) is 28.3. The van der Waals surface area contributed by atoms with Gasteiger partial charge in [-0.15, -0.1) is 11.3 Å². The van der Waals surface area contributed by atoms with Crippen LogP contribution in [0.3, 0.4) is 0 Å². The number of Topliss-reactive ketones (excluding diaryl/α,β-unsaturated/α-hetero) is 1. The maximum Gasteiger partial charge on any atom is 0.254 e. The fourth-order valence-corrected chi connectivity index (χ4v) is 6.22. The standard InChI is InChI=1S/C27H21Cl2FN2O2S/c1-14-24(27(34)32-18-5-2-4-17(30)13-18)25(19-8-7-16(28)12-20(19)29)26-21(31-14)10-15(11-22(26)33)23-6-3-9-35-23/h2-9,12-13,15,25,31H,10-11H2,1H3,(H,32,34)/t15-,25-/m0/s1. The molecular formula is C27H21Cl2FN2O2S. The largest absolute Gasteiger partial charge is 0.362 e. The molecule has 1 amide bonds. The molecule has 35 heavy (non-hydrogen) atoms. The van der Waals surface area contributed by atoms with E-state index < -0.39 is 17.6 Å². The van der Waals surface area contributed by atoms with Crippen LogP contribution in [0, 0.1) is 5.82 Å². The Bertz CT molecular complexity index is 1400. The molecule has 0 fully saturated rings. The van der Waals surface area contributed by atoms with E-state index in [-0.39, 0.29) is 11.7 Å². The van der Waals surface area contributed by atoms with Crippen molar-refractivity contribution in [3.05, 3.63) is 109 Å². The van der Waals surface area contributed by atoms with Gasteiger partial charge in [0.05, 0.1) is 0 Å². The second kappa shape index (κ2) is 9.61. The molecule has 2 aromatic carbocycles. The van der Waals surface area contributed by atoms with Crippen molar-refractivity contribution in [3.8, 4) is 0 Å². The lowest BCUT2D eigenvalue weighted by molar-refractivity contribution is -0.116. The number of thiophene rings is 1. The Kier molecular flexibility index (Phi) is 6.53. The number of carbonyl (C=O) groups excluding carboxylic acids is 2. The molecule has 2 atom stereocenters. The third kappa shape index (κ3) is 4.66. The highest BCUT2D eigenvalue weighted by atomic mass is 35.5. The number of hydrogen-bond acceptors (Lipinski definition) is 4. The fourth-order valence-electron chi connectivity index (χ4n) is 4.88. The molecule has 2 heterocycles. The number of rotatable bonds is 4. The van der Waals surface area contributed by atoms with Gasteiger partial charge in [-0.05, 0) is 60.7 Å². The lowest BCUT2D eigenvalue weighted by Crippen LogP contribution is -2.37. The Labute approximate surface area is 216 Å². The molecule has 0 bridgehead atoms. The Hall–Kier alpha value is -2.93. The number of amides is 1. The number of ketones is 1. The normalized spacial score (nSPS) is 19.9. The van der Waals surface area contributed by atoms with E-state index in [1.165, 1.54) is 18.2 Å². The van der Waals surface area contributed by atoms with Gasteiger partial charge >= 0.3 is 0 Å². The van der Waals surface area contributed by atoms with Gasteiger partial charge in [0.1, 0.15) is 5.82 Å². The minimum absolute atomic E-state index is 0.0308. The zero-order valence-electron chi connectivity index (χ0n) is 18.7. The van der Waals surface area contributed by atoms with Gasteiger partial charge in [0.15, 0.2) is 5.78 Å². The van der Waals surface area contributed by atoms with Gasteiger partial charge in [-0.2, -0.15) is 0 Å². The molecule has 2 N–H and O–H groups in total. The summed E-state index contributed by atoms with van der Waals surface area (Å²) in [6.45, 7) is 1.81. The quantitative estimate of drug-likeness (QED) is 0.378. The van der Waals surface area contributed by atoms with Gasteiger partial charge in [0.25, 0.3) is 5.91 Å². The number of benzene rings is 2. The minimum Gasteiger partial charge on any atom is -0.362 e. The van der Waals surface area contributed by atoms with Gasteiger partial charge < -0.3 is 10.6 Å². The second-order valence-corrected chi connectivity index (χ2v) is 10.5. The fraction of sp³-hybridized carbons (Fsp3) is 0.185. The monoisotopic (exact) mass is 526 g/mol. The third-order valence-corrected chi connectivity index (χ3v) is 7.97. The molecule has 0 radical (unpaired) electrons. The van der Waals surface area contributed by atoms with Crippen LogP contribution in [0.5, 0.6) is 0 Å². The number of allylic oxidation sites excluding steroid dienone is 3. The molecule has 3 aromatic rings. The van der Waals surface area contributed by atoms with Crippen LogP contribution >= 0.6 is 34.5 Å². The first-order valence-corrected chi connectivity index (χ1v) is 12.7. The van der Waals surface area contributed by atoms with Crippen LogP contribution in [0.25, 0.3) is 0 Å². The Morgan fingerprint density at radius 3 is 2.66 bits per heavy atom. The molecular weight excluding hydrogens is 506 g/mol. The Morgan fingerprint density at radius 1 is 1.11 bits per heavy atom. The van der Waals surface area contributed by atoms with E-state index in [0.717, 1.165) is 10.6 Å². The van der Waals surface area contributed by atoms with Crippen molar-refractivity contribution >= 4 is 51.9 Å². The summed E-state index contributed by atoms with van der Waals surface area (Å²) in [6, 6.07) is 14.8. The van der Waals surface area contributed by atoms with E-state index in [4.69, 9.17) is 23.2 Å². The highest BCUT2D eigenvalue weighted by Gasteiger charge is 2.41. The van der Waals surface area contributed by atoms with Gasteiger partial charge in [0, 0.05) is 61.4 Å². The molecule has 0 saturated carbocycles. The third-order valence-electron chi connectivity index (χ3n) is 6.37. The summed E-state index contributed by atoms with van der Waals surface area (Å²) in [7, 11) is 0. The van der Waals surface area contributed by atoms with Crippen molar-refractivity contribution in [2.75, 3.05) is 5.32 Å². The summed E-state index contributed by atoms with van der Waals surface area (Å²) < 4.78 is 13.7. The van der Waals surface area contributed by atoms with Crippen molar-refractivity contribution in [3.63, 3.8) is 0 Å². The van der Waals surface area contributed by atoms with Crippen LogP contribution in [0.4, 0.5) is 10.1 Å². The molecule has 5 rings (SSSR count). The zero-order chi connectivity index (χ0) is 24.7. The predicted molar refractivity (Wildman–Crippen MR) is 138 cm³/mol. The van der Waals surface area contributed by atoms with E-state index in [1.54, 1.807) is 42.5 Å². The van der Waals surface area contributed by atoms with Crippen molar-refractivity contribution in [2.45, 2.75) is 31.6 Å². The van der Waals surface area contributed by atoms with E-state index in [9.17, 15) is 14.0 Å². The van der Waals surface area contributed by atoms with Crippen molar-refractivity contribution < 1.29 is 14.0 Å². The number of hydrogen-bond donors (Lipinski definition) is 2. The van der Waals surface area contributed by atoms with Crippen molar-refractivity contribution in [2.24, 2.45) is 0 Å². The summed E-state index contributed by atoms with van der Waals surface area (Å²) in [5.41, 5.74) is 3.27. The van der Waals surface area contributed by atoms with E-state index >= 15 is 0 Å².